The summed E-state index contributed by atoms with van der Waals surface area (Å²) in [6.07, 6.45) is 0. The zero-order valence-corrected chi connectivity index (χ0v) is 9.89. The number of nitrogens with zero attached hydrogens (tertiary/aromatic N) is 1. The molecule has 1 fully saturated rings. The summed E-state index contributed by atoms with van der Waals surface area (Å²) in [5.41, 5.74) is -0.810. The van der Waals surface area contributed by atoms with E-state index in [1.807, 2.05) is 0 Å². The molecule has 0 N–H and O–H groups in total. The summed E-state index contributed by atoms with van der Waals surface area (Å²) in [5.74, 6) is -0.0333. The number of imide groups is 1. The van der Waals surface area contributed by atoms with Crippen molar-refractivity contribution in [2.45, 2.75) is 12.5 Å². The smallest absolute Gasteiger partial charge is 0.275 e. The van der Waals surface area contributed by atoms with Gasteiger partial charge in [0.2, 0.25) is 5.60 Å². The fraction of sp³-hybridized carbons (Fsp3) is 0.333. The Labute approximate surface area is 98.9 Å². The lowest BCUT2D eigenvalue weighted by Gasteiger charge is -2.42. The summed E-state index contributed by atoms with van der Waals surface area (Å²) >= 11 is 0. The van der Waals surface area contributed by atoms with Crippen LogP contribution in [0.15, 0.2) is 24.3 Å². The molecular weight excluding hydrogens is 222 g/mol. The quantitative estimate of drug-likeness (QED) is 0.578. The molecule has 1 aliphatic heterocycles. The van der Waals surface area contributed by atoms with E-state index in [0.29, 0.717) is 11.4 Å². The molecule has 5 nitrogen and oxygen atoms in total. The number of carbonyl (C=O) groups is 2. The highest BCUT2D eigenvalue weighted by atomic mass is 16.5. The summed E-state index contributed by atoms with van der Waals surface area (Å²) in [6.45, 7) is 1.47. The van der Waals surface area contributed by atoms with Gasteiger partial charge in [-0.1, -0.05) is 0 Å². The molecule has 0 spiro atoms. The van der Waals surface area contributed by atoms with Crippen molar-refractivity contribution in [2.24, 2.45) is 0 Å². The molecule has 1 aliphatic rings. The third-order valence-corrected chi connectivity index (χ3v) is 2.96. The predicted octanol–water partition coefficient (Wildman–Crippen LogP) is 0.973. The van der Waals surface area contributed by atoms with Gasteiger partial charge in [0.15, 0.2) is 0 Å². The highest BCUT2D eigenvalue weighted by Gasteiger charge is 2.59. The first-order valence-electron chi connectivity index (χ1n) is 5.13. The summed E-state index contributed by atoms with van der Waals surface area (Å²) in [5, 5.41) is 0. The van der Waals surface area contributed by atoms with Crippen molar-refractivity contribution in [3.8, 4) is 5.75 Å². The Morgan fingerprint density at radius 1 is 1.06 bits per heavy atom. The van der Waals surface area contributed by atoms with Crippen LogP contribution in [-0.2, 0) is 14.3 Å². The summed E-state index contributed by atoms with van der Waals surface area (Å²) in [4.78, 5) is 24.8. The number of ether oxygens (including phenoxy) is 2. The number of methoxy groups -OCH3 is 2. The molecule has 0 bridgehead atoms. The van der Waals surface area contributed by atoms with Crippen molar-refractivity contribution in [2.75, 3.05) is 19.1 Å². The molecule has 0 saturated carbocycles. The van der Waals surface area contributed by atoms with Gasteiger partial charge < -0.3 is 9.47 Å². The molecule has 0 aromatic heterocycles. The molecular formula is C12H13NO4. The first-order chi connectivity index (χ1) is 8.04. The lowest BCUT2D eigenvalue weighted by atomic mass is 9.92. The number of amides is 2. The standard InChI is InChI=1S/C12H13NO4/c1-12(17-3)10(14)13(11(12)15)8-4-6-9(16-2)7-5-8/h4-7H,1-3H3. The number of β-lactam (4-membered cyclic amide) rings is 2. The highest BCUT2D eigenvalue weighted by molar-refractivity contribution is 6.38. The lowest BCUT2D eigenvalue weighted by molar-refractivity contribution is -0.164. The third kappa shape index (κ3) is 1.51. The van der Waals surface area contributed by atoms with Crippen molar-refractivity contribution in [1.82, 2.24) is 0 Å². The van der Waals surface area contributed by atoms with Crippen molar-refractivity contribution < 1.29 is 19.1 Å². The number of anilines is 1. The summed E-state index contributed by atoms with van der Waals surface area (Å²) in [6, 6.07) is 6.70. The second-order valence-electron chi connectivity index (χ2n) is 3.88. The predicted molar refractivity (Wildman–Crippen MR) is 60.9 cm³/mol. The molecule has 0 radical (unpaired) electrons. The highest BCUT2D eigenvalue weighted by Crippen LogP contribution is 2.33. The fourth-order valence-electron chi connectivity index (χ4n) is 1.70. The van der Waals surface area contributed by atoms with E-state index in [2.05, 4.69) is 0 Å². The van der Waals surface area contributed by atoms with Gasteiger partial charge in [0.25, 0.3) is 11.8 Å². The van der Waals surface area contributed by atoms with Crippen molar-refractivity contribution in [1.29, 1.82) is 0 Å². The van der Waals surface area contributed by atoms with Gasteiger partial charge in [0.05, 0.1) is 12.8 Å². The molecule has 0 unspecified atom stereocenters. The van der Waals surface area contributed by atoms with Gasteiger partial charge in [-0.3, -0.25) is 9.59 Å². The molecule has 2 amide bonds. The average Bonchev–Trinajstić information content (AvgIpc) is 2.38. The van der Waals surface area contributed by atoms with Crippen molar-refractivity contribution in [3.05, 3.63) is 24.3 Å². The maximum Gasteiger partial charge on any atom is 0.275 e. The average molecular weight is 235 g/mol. The molecule has 1 aromatic carbocycles. The zero-order chi connectivity index (χ0) is 12.6. The fourth-order valence-corrected chi connectivity index (χ4v) is 1.70. The second-order valence-corrected chi connectivity index (χ2v) is 3.88. The van der Waals surface area contributed by atoms with Gasteiger partial charge >= 0.3 is 0 Å². The maximum atomic E-state index is 11.8. The topological polar surface area (TPSA) is 55.8 Å². The molecule has 0 atom stereocenters. The van der Waals surface area contributed by atoms with Crippen LogP contribution in [0.2, 0.25) is 0 Å². The van der Waals surface area contributed by atoms with Gasteiger partial charge in [-0.05, 0) is 31.2 Å². The van der Waals surface area contributed by atoms with Crippen molar-refractivity contribution >= 4 is 17.5 Å². The molecule has 1 heterocycles. The van der Waals surface area contributed by atoms with Crippen LogP contribution >= 0.6 is 0 Å². The maximum absolute atomic E-state index is 11.8. The zero-order valence-electron chi connectivity index (χ0n) is 9.89. The first kappa shape index (κ1) is 11.6. The van der Waals surface area contributed by atoms with Crippen LogP contribution in [0.3, 0.4) is 0 Å². The normalized spacial score (nSPS) is 17.9. The Morgan fingerprint density at radius 3 is 2.00 bits per heavy atom. The number of hydrogen-bond acceptors (Lipinski definition) is 4. The van der Waals surface area contributed by atoms with E-state index >= 15 is 0 Å². The molecule has 5 heteroatoms. The van der Waals surface area contributed by atoms with E-state index in [-0.39, 0.29) is 11.8 Å². The third-order valence-electron chi connectivity index (χ3n) is 2.96. The Balaban J connectivity index is 2.26. The number of hydrogen-bond donors (Lipinski definition) is 0. The summed E-state index contributed by atoms with van der Waals surface area (Å²) in [7, 11) is 2.90. The van der Waals surface area contributed by atoms with E-state index in [4.69, 9.17) is 9.47 Å². The minimum atomic E-state index is -1.33. The van der Waals surface area contributed by atoms with Gasteiger partial charge in [0, 0.05) is 7.11 Å². The Kier molecular flexibility index (Phi) is 2.63. The van der Waals surface area contributed by atoms with E-state index in [1.165, 1.54) is 14.0 Å². The van der Waals surface area contributed by atoms with Crippen LogP contribution in [0, 0.1) is 0 Å². The summed E-state index contributed by atoms with van der Waals surface area (Å²) < 4.78 is 9.93. The Bertz CT molecular complexity index is 450. The van der Waals surface area contributed by atoms with Crippen molar-refractivity contribution in [3.63, 3.8) is 0 Å². The Morgan fingerprint density at radius 2 is 1.59 bits per heavy atom. The van der Waals surface area contributed by atoms with E-state index in [9.17, 15) is 9.59 Å². The largest absolute Gasteiger partial charge is 0.497 e. The number of rotatable bonds is 3. The molecule has 90 valence electrons. The monoisotopic (exact) mass is 235 g/mol. The van der Waals surface area contributed by atoms with Gasteiger partial charge in [0.1, 0.15) is 5.75 Å². The first-order valence-corrected chi connectivity index (χ1v) is 5.13. The van der Waals surface area contributed by atoms with Crippen LogP contribution in [0.5, 0.6) is 5.75 Å². The number of benzene rings is 1. The van der Waals surface area contributed by atoms with Crippen LogP contribution < -0.4 is 9.64 Å². The van der Waals surface area contributed by atoms with Crippen LogP contribution in [0.4, 0.5) is 5.69 Å². The molecule has 1 aromatic rings. The van der Waals surface area contributed by atoms with E-state index in [1.54, 1.807) is 31.4 Å². The minimum Gasteiger partial charge on any atom is -0.497 e. The number of carbonyl (C=O) groups excluding carboxylic acids is 2. The molecule has 1 saturated heterocycles. The molecule has 17 heavy (non-hydrogen) atoms. The SMILES string of the molecule is COc1ccc(N2C(=O)C(C)(OC)C2=O)cc1. The Hall–Kier alpha value is -1.88. The lowest BCUT2D eigenvalue weighted by Crippen LogP contribution is -2.71. The van der Waals surface area contributed by atoms with Crippen LogP contribution in [0.1, 0.15) is 6.92 Å². The van der Waals surface area contributed by atoms with E-state index < -0.39 is 5.60 Å². The van der Waals surface area contributed by atoms with Crippen LogP contribution in [0.25, 0.3) is 0 Å². The van der Waals surface area contributed by atoms with Gasteiger partial charge in [-0.25, -0.2) is 4.90 Å². The minimum absolute atomic E-state index is 0.352. The molecule has 2 rings (SSSR count). The second kappa shape index (κ2) is 3.85. The van der Waals surface area contributed by atoms with Gasteiger partial charge in [-0.2, -0.15) is 0 Å². The van der Waals surface area contributed by atoms with Crippen LogP contribution in [-0.4, -0.2) is 31.6 Å². The van der Waals surface area contributed by atoms with E-state index in [0.717, 1.165) is 4.90 Å². The molecule has 0 aliphatic carbocycles. The van der Waals surface area contributed by atoms with Gasteiger partial charge in [-0.15, -0.1) is 0 Å².